The van der Waals surface area contributed by atoms with Crippen molar-refractivity contribution in [3.05, 3.63) is 58.6 Å². The fourth-order valence-corrected chi connectivity index (χ4v) is 3.13. The van der Waals surface area contributed by atoms with Gasteiger partial charge in [-0.1, -0.05) is 24.3 Å². The van der Waals surface area contributed by atoms with Crippen LogP contribution in [0.4, 0.5) is 5.69 Å². The Bertz CT molecular complexity index is 533. The summed E-state index contributed by atoms with van der Waals surface area (Å²) in [7, 11) is 0. The van der Waals surface area contributed by atoms with E-state index in [2.05, 4.69) is 15.9 Å². The Balaban J connectivity index is 2.00. The third-order valence-electron chi connectivity index (χ3n) is 2.53. The number of anilines is 1. The van der Waals surface area contributed by atoms with Crippen LogP contribution in [0.2, 0.25) is 0 Å². The molecule has 0 aliphatic carbocycles. The molecule has 0 bridgehead atoms. The van der Waals surface area contributed by atoms with Gasteiger partial charge in [0, 0.05) is 20.8 Å². The van der Waals surface area contributed by atoms with Crippen molar-refractivity contribution in [1.29, 1.82) is 0 Å². The van der Waals surface area contributed by atoms with Crippen LogP contribution in [-0.2, 0) is 0 Å². The molecular weight excluding hydrogens is 310 g/mol. The van der Waals surface area contributed by atoms with Gasteiger partial charge >= 0.3 is 0 Å². The number of thioether (sulfide) groups is 1. The first-order chi connectivity index (χ1) is 8.66. The monoisotopic (exact) mass is 323 g/mol. The number of hydrogen-bond acceptors (Lipinski definition) is 3. The predicted molar refractivity (Wildman–Crippen MR) is 80.7 cm³/mol. The lowest BCUT2D eigenvalue weighted by Gasteiger charge is -2.11. The second-order valence-electron chi connectivity index (χ2n) is 3.93. The summed E-state index contributed by atoms with van der Waals surface area (Å²) in [5, 5.41) is 10.1. The molecule has 2 rings (SSSR count). The summed E-state index contributed by atoms with van der Waals surface area (Å²) >= 11 is 5.11. The lowest BCUT2D eigenvalue weighted by atomic mass is 10.1. The smallest absolute Gasteiger partial charge is 0.0884 e. The van der Waals surface area contributed by atoms with Gasteiger partial charge in [-0.2, -0.15) is 0 Å². The van der Waals surface area contributed by atoms with Crippen molar-refractivity contribution in [1.82, 2.24) is 0 Å². The zero-order valence-electron chi connectivity index (χ0n) is 9.71. The molecule has 0 aliphatic rings. The summed E-state index contributed by atoms with van der Waals surface area (Å²) < 4.78 is 1.05. The van der Waals surface area contributed by atoms with Crippen LogP contribution < -0.4 is 5.73 Å². The minimum absolute atomic E-state index is 0.509. The quantitative estimate of drug-likeness (QED) is 0.663. The Kier molecular flexibility index (Phi) is 4.69. The molecule has 4 heteroatoms. The molecular formula is C14H14BrNOS. The molecule has 1 unspecified atom stereocenters. The average molecular weight is 324 g/mol. The minimum atomic E-state index is -0.509. The number of aliphatic hydroxyl groups is 1. The highest BCUT2D eigenvalue weighted by Gasteiger charge is 2.09. The molecule has 0 radical (unpaired) electrons. The van der Waals surface area contributed by atoms with Crippen molar-refractivity contribution in [3.8, 4) is 0 Å². The van der Waals surface area contributed by atoms with E-state index in [1.807, 2.05) is 48.5 Å². The van der Waals surface area contributed by atoms with Gasteiger partial charge in [-0.25, -0.2) is 0 Å². The zero-order chi connectivity index (χ0) is 13.0. The molecule has 3 N–H and O–H groups in total. The van der Waals surface area contributed by atoms with Crippen LogP contribution in [-0.4, -0.2) is 10.9 Å². The molecule has 0 amide bonds. The number of benzene rings is 2. The maximum absolute atomic E-state index is 10.1. The Morgan fingerprint density at radius 1 is 1.17 bits per heavy atom. The van der Waals surface area contributed by atoms with E-state index in [9.17, 15) is 5.11 Å². The molecule has 94 valence electrons. The van der Waals surface area contributed by atoms with E-state index in [0.717, 1.165) is 14.9 Å². The lowest BCUT2D eigenvalue weighted by molar-refractivity contribution is 0.204. The SMILES string of the molecule is Nc1cccc(C(O)CSc2ccccc2Br)c1. The third-order valence-corrected chi connectivity index (χ3v) is 4.63. The highest BCUT2D eigenvalue weighted by Crippen LogP contribution is 2.30. The van der Waals surface area contributed by atoms with E-state index in [0.29, 0.717) is 11.4 Å². The molecule has 1 atom stereocenters. The highest BCUT2D eigenvalue weighted by molar-refractivity contribution is 9.10. The number of hydrogen-bond donors (Lipinski definition) is 2. The van der Waals surface area contributed by atoms with E-state index in [1.165, 1.54) is 0 Å². The molecule has 2 aromatic rings. The van der Waals surface area contributed by atoms with Crippen LogP contribution >= 0.6 is 27.7 Å². The first-order valence-corrected chi connectivity index (χ1v) is 7.35. The summed E-state index contributed by atoms with van der Waals surface area (Å²) in [6, 6.07) is 15.4. The van der Waals surface area contributed by atoms with Crippen molar-refractivity contribution in [3.63, 3.8) is 0 Å². The fourth-order valence-electron chi connectivity index (χ4n) is 1.59. The molecule has 18 heavy (non-hydrogen) atoms. The largest absolute Gasteiger partial charge is 0.399 e. The topological polar surface area (TPSA) is 46.2 Å². The van der Waals surface area contributed by atoms with Gasteiger partial charge in [0.15, 0.2) is 0 Å². The van der Waals surface area contributed by atoms with Crippen molar-refractivity contribution in [2.45, 2.75) is 11.0 Å². The van der Waals surface area contributed by atoms with E-state index in [-0.39, 0.29) is 0 Å². The first-order valence-electron chi connectivity index (χ1n) is 5.57. The number of nitrogens with two attached hydrogens (primary N) is 1. The summed E-state index contributed by atoms with van der Waals surface area (Å²) in [6.07, 6.45) is -0.509. The number of rotatable bonds is 4. The molecule has 0 heterocycles. The normalized spacial score (nSPS) is 12.3. The average Bonchev–Trinajstić information content (AvgIpc) is 2.37. The van der Waals surface area contributed by atoms with E-state index < -0.39 is 6.10 Å². The van der Waals surface area contributed by atoms with Crippen LogP contribution in [0.1, 0.15) is 11.7 Å². The lowest BCUT2D eigenvalue weighted by Crippen LogP contribution is -2.01. The van der Waals surface area contributed by atoms with Gasteiger partial charge < -0.3 is 10.8 Å². The highest BCUT2D eigenvalue weighted by atomic mass is 79.9. The van der Waals surface area contributed by atoms with Gasteiger partial charge in [-0.3, -0.25) is 0 Å². The number of nitrogen functional groups attached to an aromatic ring is 1. The van der Waals surface area contributed by atoms with Gasteiger partial charge in [-0.05, 0) is 45.8 Å². The summed E-state index contributed by atoms with van der Waals surface area (Å²) in [4.78, 5) is 1.13. The van der Waals surface area contributed by atoms with Gasteiger partial charge in [0.2, 0.25) is 0 Å². The van der Waals surface area contributed by atoms with Gasteiger partial charge in [0.25, 0.3) is 0 Å². The standard InChI is InChI=1S/C14H14BrNOS/c15-12-6-1-2-7-14(12)18-9-13(17)10-4-3-5-11(16)8-10/h1-8,13,17H,9,16H2. The second kappa shape index (κ2) is 6.27. The summed E-state index contributed by atoms with van der Waals surface area (Å²) in [6.45, 7) is 0. The molecule has 0 spiro atoms. The van der Waals surface area contributed by atoms with Crippen molar-refractivity contribution in [2.75, 3.05) is 11.5 Å². The van der Waals surface area contributed by atoms with E-state index >= 15 is 0 Å². The molecule has 0 saturated heterocycles. The van der Waals surface area contributed by atoms with Crippen molar-refractivity contribution in [2.24, 2.45) is 0 Å². The summed E-state index contributed by atoms with van der Waals surface area (Å²) in [5.41, 5.74) is 7.24. The van der Waals surface area contributed by atoms with Gasteiger partial charge in [0.05, 0.1) is 6.10 Å². The first kappa shape index (κ1) is 13.5. The van der Waals surface area contributed by atoms with Crippen LogP contribution in [0.25, 0.3) is 0 Å². The Morgan fingerprint density at radius 3 is 2.67 bits per heavy atom. The van der Waals surface area contributed by atoms with Crippen molar-refractivity contribution < 1.29 is 5.11 Å². The molecule has 0 saturated carbocycles. The third kappa shape index (κ3) is 3.51. The fraction of sp³-hybridized carbons (Fsp3) is 0.143. The zero-order valence-corrected chi connectivity index (χ0v) is 12.1. The molecule has 0 aromatic heterocycles. The molecule has 0 aliphatic heterocycles. The van der Waals surface area contributed by atoms with E-state index in [1.54, 1.807) is 11.8 Å². The van der Waals surface area contributed by atoms with Crippen LogP contribution in [0, 0.1) is 0 Å². The Labute approximate surface area is 119 Å². The van der Waals surface area contributed by atoms with E-state index in [4.69, 9.17) is 5.73 Å². The van der Waals surface area contributed by atoms with Gasteiger partial charge in [-0.15, -0.1) is 11.8 Å². The van der Waals surface area contributed by atoms with Crippen molar-refractivity contribution >= 4 is 33.4 Å². The number of halogens is 1. The Hall–Kier alpha value is -0.970. The summed E-state index contributed by atoms with van der Waals surface area (Å²) in [5.74, 6) is 0.603. The number of aliphatic hydroxyl groups excluding tert-OH is 1. The molecule has 0 fully saturated rings. The van der Waals surface area contributed by atoms with Crippen LogP contribution in [0.5, 0.6) is 0 Å². The van der Waals surface area contributed by atoms with Crippen LogP contribution in [0.3, 0.4) is 0 Å². The molecule has 2 aromatic carbocycles. The maximum atomic E-state index is 10.1. The minimum Gasteiger partial charge on any atom is -0.399 e. The van der Waals surface area contributed by atoms with Crippen LogP contribution in [0.15, 0.2) is 57.9 Å². The van der Waals surface area contributed by atoms with Gasteiger partial charge in [0.1, 0.15) is 0 Å². The Morgan fingerprint density at radius 2 is 1.94 bits per heavy atom. The predicted octanol–water partition coefficient (Wildman–Crippen LogP) is 3.86. The maximum Gasteiger partial charge on any atom is 0.0884 e. The molecule has 2 nitrogen and oxygen atoms in total. The second-order valence-corrected chi connectivity index (χ2v) is 5.84.